The van der Waals surface area contributed by atoms with Crippen LogP contribution in [0.1, 0.15) is 49.7 Å². The minimum atomic E-state index is -2.93. The quantitative estimate of drug-likeness (QED) is 0.572. The molecular formula is C26H29F3N4O2. The zero-order chi connectivity index (χ0) is 25.4. The molecule has 186 valence electrons. The molecule has 1 atom stereocenters. The summed E-state index contributed by atoms with van der Waals surface area (Å²) in [5, 5.41) is 7.87. The number of carbonyl (C=O) groups is 2. The van der Waals surface area contributed by atoms with E-state index in [4.69, 9.17) is 0 Å². The molecule has 0 radical (unpaired) electrons. The third-order valence-corrected chi connectivity index (χ3v) is 6.21. The number of hydrogen-bond acceptors (Lipinski definition) is 3. The average molecular weight is 487 g/mol. The van der Waals surface area contributed by atoms with Gasteiger partial charge in [-0.3, -0.25) is 14.3 Å². The number of hydrogen-bond donors (Lipinski definition) is 1. The fourth-order valence-corrected chi connectivity index (χ4v) is 4.36. The molecular weight excluding hydrogens is 457 g/mol. The van der Waals surface area contributed by atoms with E-state index in [1.54, 1.807) is 49.7 Å². The summed E-state index contributed by atoms with van der Waals surface area (Å²) < 4.78 is 42.9. The van der Waals surface area contributed by atoms with Crippen LogP contribution >= 0.6 is 0 Å². The molecule has 1 saturated heterocycles. The van der Waals surface area contributed by atoms with Crippen molar-refractivity contribution in [2.75, 3.05) is 13.1 Å². The molecule has 1 N–H and O–H groups in total. The Morgan fingerprint density at radius 3 is 2.46 bits per heavy atom. The van der Waals surface area contributed by atoms with E-state index in [0.717, 1.165) is 10.5 Å². The first-order chi connectivity index (χ1) is 16.4. The highest BCUT2D eigenvalue weighted by Gasteiger charge is 2.42. The van der Waals surface area contributed by atoms with Gasteiger partial charge in [0.05, 0.1) is 18.6 Å². The molecule has 4 rings (SSSR count). The first kappa shape index (κ1) is 24.8. The SMILES string of the molecule is CC(C)(C)C(NC(=O)c1nn(Cc2ccc(F)cc2)c2ccccc12)C(=O)N1CCCC(F)(F)C1. The van der Waals surface area contributed by atoms with E-state index >= 15 is 0 Å². The Hall–Kier alpha value is -3.36. The summed E-state index contributed by atoms with van der Waals surface area (Å²) in [5.74, 6) is -4.37. The van der Waals surface area contributed by atoms with E-state index in [1.165, 1.54) is 12.1 Å². The number of likely N-dealkylation sites (tertiary alicyclic amines) is 1. The summed E-state index contributed by atoms with van der Waals surface area (Å²) in [7, 11) is 0. The average Bonchev–Trinajstić information content (AvgIpc) is 3.15. The maximum Gasteiger partial charge on any atom is 0.273 e. The van der Waals surface area contributed by atoms with E-state index in [1.807, 2.05) is 12.1 Å². The van der Waals surface area contributed by atoms with E-state index in [0.29, 0.717) is 17.4 Å². The summed E-state index contributed by atoms with van der Waals surface area (Å²) in [5.41, 5.74) is 0.928. The Kier molecular flexibility index (Phi) is 6.62. The van der Waals surface area contributed by atoms with Crippen molar-refractivity contribution in [2.45, 2.75) is 52.1 Å². The van der Waals surface area contributed by atoms with Gasteiger partial charge in [0.25, 0.3) is 11.8 Å². The highest BCUT2D eigenvalue weighted by molar-refractivity contribution is 6.06. The van der Waals surface area contributed by atoms with Crippen LogP contribution in [-0.4, -0.2) is 51.5 Å². The van der Waals surface area contributed by atoms with Crippen molar-refractivity contribution < 1.29 is 22.8 Å². The van der Waals surface area contributed by atoms with Crippen LogP contribution in [0.25, 0.3) is 10.9 Å². The lowest BCUT2D eigenvalue weighted by molar-refractivity contribution is -0.146. The molecule has 0 spiro atoms. The molecule has 2 amide bonds. The molecule has 0 saturated carbocycles. The molecule has 0 aliphatic carbocycles. The van der Waals surface area contributed by atoms with E-state index in [2.05, 4.69) is 10.4 Å². The predicted molar refractivity (Wildman–Crippen MR) is 127 cm³/mol. The first-order valence-electron chi connectivity index (χ1n) is 11.6. The summed E-state index contributed by atoms with van der Waals surface area (Å²) in [6.07, 6.45) is -0.0389. The van der Waals surface area contributed by atoms with Crippen LogP contribution in [0.2, 0.25) is 0 Å². The fourth-order valence-electron chi connectivity index (χ4n) is 4.36. The molecule has 1 aliphatic heterocycles. The van der Waals surface area contributed by atoms with Crippen molar-refractivity contribution in [1.82, 2.24) is 20.0 Å². The Morgan fingerprint density at radius 1 is 1.11 bits per heavy atom. The zero-order valence-electron chi connectivity index (χ0n) is 20.0. The number of piperidine rings is 1. The topological polar surface area (TPSA) is 67.2 Å². The molecule has 1 aliphatic rings. The minimum Gasteiger partial charge on any atom is -0.338 e. The van der Waals surface area contributed by atoms with Gasteiger partial charge in [-0.1, -0.05) is 51.1 Å². The third kappa shape index (κ3) is 5.49. The number of carbonyl (C=O) groups excluding carboxylic acids is 2. The van der Waals surface area contributed by atoms with Gasteiger partial charge < -0.3 is 10.2 Å². The number of fused-ring (bicyclic) bond motifs is 1. The third-order valence-electron chi connectivity index (χ3n) is 6.21. The highest BCUT2D eigenvalue weighted by Crippen LogP contribution is 2.29. The molecule has 0 bridgehead atoms. The number of nitrogens with zero attached hydrogens (tertiary/aromatic N) is 3. The molecule has 1 aromatic heterocycles. The van der Waals surface area contributed by atoms with Gasteiger partial charge in [-0.25, -0.2) is 13.2 Å². The zero-order valence-corrected chi connectivity index (χ0v) is 20.0. The predicted octanol–water partition coefficient (Wildman–Crippen LogP) is 4.63. The number of halogens is 3. The highest BCUT2D eigenvalue weighted by atomic mass is 19.3. The Morgan fingerprint density at radius 2 is 1.80 bits per heavy atom. The standard InChI is InChI=1S/C26H29F3N4O2/c1-25(2,3)22(24(35)32-14-6-13-26(28,29)16-32)30-23(34)21-19-7-4-5-8-20(19)33(31-21)15-17-9-11-18(27)12-10-17/h4-5,7-12,22H,6,13-16H2,1-3H3,(H,30,34). The van der Waals surface area contributed by atoms with Crippen molar-refractivity contribution >= 4 is 22.7 Å². The number of para-hydroxylation sites is 1. The molecule has 1 unspecified atom stereocenters. The molecule has 1 fully saturated rings. The molecule has 9 heteroatoms. The normalized spacial score (nSPS) is 16.8. The fraction of sp³-hybridized carbons (Fsp3) is 0.423. The number of benzene rings is 2. The summed E-state index contributed by atoms with van der Waals surface area (Å²) in [6, 6.07) is 12.2. The smallest absolute Gasteiger partial charge is 0.273 e. The largest absolute Gasteiger partial charge is 0.338 e. The molecule has 6 nitrogen and oxygen atoms in total. The van der Waals surface area contributed by atoms with Gasteiger partial charge in [0.1, 0.15) is 11.9 Å². The number of alkyl halides is 2. The number of rotatable bonds is 5. The van der Waals surface area contributed by atoms with Crippen molar-refractivity contribution in [1.29, 1.82) is 0 Å². The van der Waals surface area contributed by atoms with Crippen LogP contribution in [0.3, 0.4) is 0 Å². The van der Waals surface area contributed by atoms with Gasteiger partial charge in [-0.2, -0.15) is 5.10 Å². The Balaban J connectivity index is 1.62. The van der Waals surface area contributed by atoms with Crippen LogP contribution in [0.4, 0.5) is 13.2 Å². The molecule has 3 aromatic rings. The van der Waals surface area contributed by atoms with Gasteiger partial charge in [0.15, 0.2) is 5.69 Å². The molecule has 35 heavy (non-hydrogen) atoms. The van der Waals surface area contributed by atoms with Crippen LogP contribution in [0.5, 0.6) is 0 Å². The lowest BCUT2D eigenvalue weighted by atomic mass is 9.85. The van der Waals surface area contributed by atoms with Crippen molar-refractivity contribution in [3.63, 3.8) is 0 Å². The monoisotopic (exact) mass is 486 g/mol. The van der Waals surface area contributed by atoms with Gasteiger partial charge in [-0.05, 0) is 35.6 Å². The van der Waals surface area contributed by atoms with Crippen LogP contribution in [-0.2, 0) is 11.3 Å². The summed E-state index contributed by atoms with van der Waals surface area (Å²) in [6.45, 7) is 5.24. The number of nitrogens with one attached hydrogen (secondary N) is 1. The molecule has 2 aromatic carbocycles. The maximum absolute atomic E-state index is 14.0. The van der Waals surface area contributed by atoms with Crippen LogP contribution < -0.4 is 5.32 Å². The Bertz CT molecular complexity index is 1230. The van der Waals surface area contributed by atoms with E-state index in [-0.39, 0.29) is 30.9 Å². The van der Waals surface area contributed by atoms with Gasteiger partial charge >= 0.3 is 0 Å². The number of aromatic nitrogens is 2. The van der Waals surface area contributed by atoms with Gasteiger partial charge in [0.2, 0.25) is 5.91 Å². The second-order valence-electron chi connectivity index (χ2n) is 10.1. The lowest BCUT2D eigenvalue weighted by Gasteiger charge is -2.38. The number of amides is 2. The van der Waals surface area contributed by atoms with Crippen molar-refractivity contribution in [3.05, 3.63) is 65.6 Å². The first-order valence-corrected chi connectivity index (χ1v) is 11.6. The van der Waals surface area contributed by atoms with E-state index < -0.39 is 35.7 Å². The molecule has 2 heterocycles. The summed E-state index contributed by atoms with van der Waals surface area (Å²) in [4.78, 5) is 27.8. The van der Waals surface area contributed by atoms with Crippen molar-refractivity contribution in [3.8, 4) is 0 Å². The lowest BCUT2D eigenvalue weighted by Crippen LogP contribution is -2.57. The second-order valence-corrected chi connectivity index (χ2v) is 10.1. The van der Waals surface area contributed by atoms with E-state index in [9.17, 15) is 22.8 Å². The van der Waals surface area contributed by atoms with Gasteiger partial charge in [-0.15, -0.1) is 0 Å². The second kappa shape index (κ2) is 9.36. The van der Waals surface area contributed by atoms with Crippen LogP contribution in [0, 0.1) is 11.2 Å². The van der Waals surface area contributed by atoms with Crippen LogP contribution in [0.15, 0.2) is 48.5 Å². The summed E-state index contributed by atoms with van der Waals surface area (Å²) >= 11 is 0. The minimum absolute atomic E-state index is 0.133. The van der Waals surface area contributed by atoms with Gasteiger partial charge in [0, 0.05) is 18.4 Å². The van der Waals surface area contributed by atoms with Crippen molar-refractivity contribution in [2.24, 2.45) is 5.41 Å². The Labute approximate surface area is 202 Å². The maximum atomic E-state index is 14.0.